The van der Waals surface area contributed by atoms with Crippen LogP contribution in [0.3, 0.4) is 0 Å². The summed E-state index contributed by atoms with van der Waals surface area (Å²) in [6.07, 6.45) is 2.81. The van der Waals surface area contributed by atoms with Crippen LogP contribution in [0.2, 0.25) is 0 Å². The van der Waals surface area contributed by atoms with Crippen molar-refractivity contribution in [1.82, 2.24) is 9.55 Å². The molecule has 0 aliphatic carbocycles. The van der Waals surface area contributed by atoms with E-state index in [-0.39, 0.29) is 19.0 Å². The van der Waals surface area contributed by atoms with E-state index in [9.17, 15) is 14.0 Å². The van der Waals surface area contributed by atoms with Gasteiger partial charge in [-0.1, -0.05) is 30.3 Å². The van der Waals surface area contributed by atoms with Crippen LogP contribution >= 0.6 is 12.4 Å². The number of benzene rings is 3. The number of nitrogens with zero attached hydrogens (tertiary/aromatic N) is 3. The highest BCUT2D eigenvalue weighted by atomic mass is 35.5. The molecule has 4 aromatic rings. The molecule has 1 aromatic heterocycles. The van der Waals surface area contributed by atoms with Crippen molar-refractivity contribution >= 4 is 12.4 Å². The molecule has 3 aromatic carbocycles. The molecular formula is C26H22ClF2N3O. The Bertz CT molecular complexity index is 1290. The maximum atomic E-state index is 13.6. The number of aryl methyl sites for hydroxylation is 2. The Labute approximate surface area is 197 Å². The van der Waals surface area contributed by atoms with E-state index in [1.165, 1.54) is 12.1 Å². The summed E-state index contributed by atoms with van der Waals surface area (Å²) in [5.74, 6) is -1.30. The van der Waals surface area contributed by atoms with Crippen molar-refractivity contribution in [2.24, 2.45) is 7.05 Å². The predicted molar refractivity (Wildman–Crippen MR) is 125 cm³/mol. The highest BCUT2D eigenvalue weighted by molar-refractivity contribution is 5.85. The van der Waals surface area contributed by atoms with Gasteiger partial charge in [-0.3, -0.25) is 0 Å². The lowest BCUT2D eigenvalue weighted by atomic mass is 9.93. The van der Waals surface area contributed by atoms with Crippen LogP contribution in [0.15, 0.2) is 73.2 Å². The number of rotatable bonds is 6. The summed E-state index contributed by atoms with van der Waals surface area (Å²) in [7, 11) is 1.85. The fourth-order valence-electron chi connectivity index (χ4n) is 3.77. The maximum absolute atomic E-state index is 13.6. The van der Waals surface area contributed by atoms with Crippen molar-refractivity contribution in [2.45, 2.75) is 19.6 Å². The second kappa shape index (κ2) is 10.4. The van der Waals surface area contributed by atoms with Crippen molar-refractivity contribution in [2.75, 3.05) is 0 Å². The molecule has 0 radical (unpaired) electrons. The van der Waals surface area contributed by atoms with Gasteiger partial charge in [-0.05, 0) is 53.4 Å². The van der Waals surface area contributed by atoms with Gasteiger partial charge in [0.25, 0.3) is 0 Å². The van der Waals surface area contributed by atoms with Crippen LogP contribution in [0, 0.1) is 29.9 Å². The lowest BCUT2D eigenvalue weighted by molar-refractivity contribution is 0.0619. The molecule has 0 bridgehead atoms. The largest absolute Gasteiger partial charge is 0.363 e. The van der Waals surface area contributed by atoms with Crippen LogP contribution in [0.4, 0.5) is 8.78 Å². The number of ether oxygens (including phenoxy) is 1. The summed E-state index contributed by atoms with van der Waals surface area (Å²) < 4.78 is 35.3. The molecule has 0 aliphatic rings. The number of imidazole rings is 1. The molecule has 1 unspecified atom stereocenters. The Balaban J connectivity index is 0.00000306. The first-order valence-corrected chi connectivity index (χ1v) is 10.1. The van der Waals surface area contributed by atoms with Crippen LogP contribution < -0.4 is 0 Å². The van der Waals surface area contributed by atoms with Crippen LogP contribution in [-0.2, 0) is 18.4 Å². The Hall–Kier alpha value is -3.53. The van der Waals surface area contributed by atoms with Crippen LogP contribution in [-0.4, -0.2) is 9.55 Å². The van der Waals surface area contributed by atoms with Gasteiger partial charge in [0, 0.05) is 18.7 Å². The van der Waals surface area contributed by atoms with Crippen LogP contribution in [0.25, 0.3) is 11.1 Å². The summed E-state index contributed by atoms with van der Waals surface area (Å²) >= 11 is 0. The zero-order chi connectivity index (χ0) is 22.7. The minimum Gasteiger partial charge on any atom is -0.363 e. The predicted octanol–water partition coefficient (Wildman–Crippen LogP) is 6.27. The Morgan fingerprint density at radius 2 is 1.76 bits per heavy atom. The van der Waals surface area contributed by atoms with Crippen molar-refractivity contribution in [1.29, 1.82) is 5.26 Å². The highest BCUT2D eigenvalue weighted by Gasteiger charge is 2.21. The minimum absolute atomic E-state index is 0. The zero-order valence-electron chi connectivity index (χ0n) is 18.1. The molecule has 0 spiro atoms. The number of nitriles is 1. The molecule has 4 rings (SSSR count). The first-order chi connectivity index (χ1) is 15.5. The topological polar surface area (TPSA) is 50.8 Å². The third kappa shape index (κ3) is 5.28. The average Bonchev–Trinajstić information content (AvgIpc) is 3.19. The Morgan fingerprint density at radius 1 is 1.03 bits per heavy atom. The van der Waals surface area contributed by atoms with E-state index in [1.807, 2.05) is 54.9 Å². The molecule has 0 aliphatic heterocycles. The summed E-state index contributed by atoms with van der Waals surface area (Å²) in [5.41, 5.74) is 5.35. The Morgan fingerprint density at radius 3 is 2.39 bits per heavy atom. The van der Waals surface area contributed by atoms with Gasteiger partial charge in [-0.15, -0.1) is 12.4 Å². The first-order valence-electron chi connectivity index (χ1n) is 10.1. The first kappa shape index (κ1) is 24.1. The third-order valence-corrected chi connectivity index (χ3v) is 5.36. The SMILES string of the molecule is Cc1ccccc1-c1cc(C(OCc2cc(F)cc(F)c2)c2cncn2C)ccc1C#N.Cl. The maximum Gasteiger partial charge on any atom is 0.126 e. The molecule has 168 valence electrons. The highest BCUT2D eigenvalue weighted by Crippen LogP contribution is 2.33. The fraction of sp³-hybridized carbons (Fsp3) is 0.154. The molecule has 1 atom stereocenters. The van der Waals surface area contributed by atoms with Gasteiger partial charge in [0.05, 0.1) is 36.5 Å². The van der Waals surface area contributed by atoms with E-state index >= 15 is 0 Å². The van der Waals surface area contributed by atoms with Crippen molar-refractivity contribution in [3.05, 3.63) is 113 Å². The van der Waals surface area contributed by atoms with E-state index in [1.54, 1.807) is 18.6 Å². The molecular weight excluding hydrogens is 444 g/mol. The van der Waals surface area contributed by atoms with Gasteiger partial charge in [0.15, 0.2) is 0 Å². The van der Waals surface area contributed by atoms with Gasteiger partial charge < -0.3 is 9.30 Å². The number of hydrogen-bond donors (Lipinski definition) is 0. The second-order valence-electron chi connectivity index (χ2n) is 7.63. The summed E-state index contributed by atoms with van der Waals surface area (Å²) in [5, 5.41) is 9.67. The van der Waals surface area contributed by atoms with E-state index in [0.717, 1.165) is 34.0 Å². The molecule has 0 saturated heterocycles. The molecule has 0 N–H and O–H groups in total. The number of hydrogen-bond acceptors (Lipinski definition) is 3. The van der Waals surface area contributed by atoms with E-state index in [2.05, 4.69) is 11.1 Å². The fourth-order valence-corrected chi connectivity index (χ4v) is 3.77. The monoisotopic (exact) mass is 465 g/mol. The Kier molecular flexibility index (Phi) is 7.59. The lowest BCUT2D eigenvalue weighted by Crippen LogP contribution is -2.11. The summed E-state index contributed by atoms with van der Waals surface area (Å²) in [6.45, 7) is 2.00. The minimum atomic E-state index is -0.652. The molecule has 33 heavy (non-hydrogen) atoms. The second-order valence-corrected chi connectivity index (χ2v) is 7.63. The van der Waals surface area contributed by atoms with Crippen LogP contribution in [0.5, 0.6) is 0 Å². The van der Waals surface area contributed by atoms with E-state index in [0.29, 0.717) is 11.1 Å². The van der Waals surface area contributed by atoms with Gasteiger partial charge in [0.2, 0.25) is 0 Å². The molecule has 0 amide bonds. The summed E-state index contributed by atoms with van der Waals surface area (Å²) in [4.78, 5) is 4.19. The third-order valence-electron chi connectivity index (χ3n) is 5.36. The van der Waals surface area contributed by atoms with Crippen molar-refractivity contribution < 1.29 is 13.5 Å². The standard InChI is InChI=1S/C26H21F2N3O.ClH/c1-17-5-3-4-6-23(17)24-11-19(7-8-20(24)13-29)26(25-14-30-16-31(25)2)32-15-18-9-21(27)12-22(28)10-18;/h3-12,14,16,26H,15H2,1-2H3;1H. The smallest absolute Gasteiger partial charge is 0.126 e. The van der Waals surface area contributed by atoms with E-state index < -0.39 is 17.7 Å². The molecule has 0 saturated carbocycles. The molecule has 0 fully saturated rings. The van der Waals surface area contributed by atoms with Gasteiger partial charge in [0.1, 0.15) is 17.7 Å². The quantitative estimate of drug-likeness (QED) is 0.337. The van der Waals surface area contributed by atoms with Gasteiger partial charge in [-0.25, -0.2) is 13.8 Å². The average molecular weight is 466 g/mol. The summed E-state index contributed by atoms with van der Waals surface area (Å²) in [6, 6.07) is 19.0. The molecule has 4 nitrogen and oxygen atoms in total. The van der Waals surface area contributed by atoms with Crippen LogP contribution in [0.1, 0.15) is 34.1 Å². The van der Waals surface area contributed by atoms with Gasteiger partial charge in [-0.2, -0.15) is 5.26 Å². The number of halogens is 3. The van der Waals surface area contributed by atoms with E-state index in [4.69, 9.17) is 4.74 Å². The van der Waals surface area contributed by atoms with Gasteiger partial charge >= 0.3 is 0 Å². The lowest BCUT2D eigenvalue weighted by Gasteiger charge is -2.21. The normalized spacial score (nSPS) is 11.5. The molecule has 1 heterocycles. The molecule has 7 heteroatoms. The zero-order valence-corrected chi connectivity index (χ0v) is 18.9. The van der Waals surface area contributed by atoms with Crippen molar-refractivity contribution in [3.63, 3.8) is 0 Å². The number of aromatic nitrogens is 2. The van der Waals surface area contributed by atoms with Crippen molar-refractivity contribution in [3.8, 4) is 17.2 Å².